The molecule has 3 fully saturated rings. The molecule has 4 aliphatic rings. The van der Waals surface area contributed by atoms with Gasteiger partial charge < -0.3 is 15.0 Å². The number of rotatable bonds is 3. The summed E-state index contributed by atoms with van der Waals surface area (Å²) in [5.41, 5.74) is 0.901. The van der Waals surface area contributed by atoms with Gasteiger partial charge in [0.15, 0.2) is 0 Å². The van der Waals surface area contributed by atoms with Crippen molar-refractivity contribution in [2.45, 2.75) is 89.8 Å². The van der Waals surface area contributed by atoms with Crippen LogP contribution < -0.4 is 10.6 Å². The number of likely N-dealkylation sites (tertiary alicyclic amines) is 1. The van der Waals surface area contributed by atoms with Crippen molar-refractivity contribution in [3.05, 3.63) is 29.3 Å². The van der Waals surface area contributed by atoms with Crippen molar-refractivity contribution in [3.8, 4) is 0 Å². The Morgan fingerprint density at radius 1 is 1.00 bits per heavy atom. The molecular formula is C28H36N4O6. The summed E-state index contributed by atoms with van der Waals surface area (Å²) in [7, 11) is 0. The lowest BCUT2D eigenvalue weighted by atomic mass is 9.67. The van der Waals surface area contributed by atoms with Crippen LogP contribution in [-0.4, -0.2) is 70.3 Å². The van der Waals surface area contributed by atoms with E-state index in [9.17, 15) is 24.0 Å². The van der Waals surface area contributed by atoms with E-state index in [2.05, 4.69) is 10.6 Å². The van der Waals surface area contributed by atoms with E-state index in [0.717, 1.165) is 43.4 Å². The van der Waals surface area contributed by atoms with Gasteiger partial charge in [-0.15, -0.1) is 0 Å². The van der Waals surface area contributed by atoms with Gasteiger partial charge in [-0.2, -0.15) is 0 Å². The number of amides is 5. The van der Waals surface area contributed by atoms with Crippen LogP contribution in [-0.2, 0) is 14.3 Å². The zero-order chi connectivity index (χ0) is 27.2. The summed E-state index contributed by atoms with van der Waals surface area (Å²) in [5, 5.41) is 5.74. The zero-order valence-corrected chi connectivity index (χ0v) is 22.3. The van der Waals surface area contributed by atoms with Crippen LogP contribution in [0.15, 0.2) is 18.2 Å². The van der Waals surface area contributed by atoms with Gasteiger partial charge in [-0.25, -0.2) is 4.79 Å². The number of nitrogens with one attached hydrogen (secondary N) is 2. The molecule has 10 heteroatoms. The van der Waals surface area contributed by atoms with E-state index in [0.29, 0.717) is 24.3 Å². The normalized spacial score (nSPS) is 23.9. The number of carbonyl (C=O) groups excluding carboxylic acids is 5. The molecule has 204 valence electrons. The number of hydrogen-bond acceptors (Lipinski definition) is 7. The summed E-state index contributed by atoms with van der Waals surface area (Å²) in [6.07, 6.45) is 5.79. The summed E-state index contributed by atoms with van der Waals surface area (Å²) in [5.74, 6) is -2.00. The molecule has 1 atom stereocenters. The highest BCUT2D eigenvalue weighted by Gasteiger charge is 2.46. The van der Waals surface area contributed by atoms with E-state index >= 15 is 0 Å². The maximum atomic E-state index is 13.4. The molecule has 0 aromatic heterocycles. The summed E-state index contributed by atoms with van der Waals surface area (Å²) in [6.45, 7) is 7.03. The first-order valence-corrected chi connectivity index (χ1v) is 13.6. The van der Waals surface area contributed by atoms with Crippen molar-refractivity contribution in [2.24, 2.45) is 5.41 Å². The lowest BCUT2D eigenvalue weighted by Gasteiger charge is -2.46. The van der Waals surface area contributed by atoms with Gasteiger partial charge in [0.05, 0.1) is 11.1 Å². The summed E-state index contributed by atoms with van der Waals surface area (Å²) in [6, 6.07) is 4.34. The molecule has 38 heavy (non-hydrogen) atoms. The first kappa shape index (κ1) is 26.2. The number of anilines is 1. The fourth-order valence-electron chi connectivity index (χ4n) is 6.22. The van der Waals surface area contributed by atoms with Crippen molar-refractivity contribution >= 4 is 35.4 Å². The van der Waals surface area contributed by atoms with E-state index in [1.54, 1.807) is 12.1 Å². The molecule has 1 aliphatic carbocycles. The van der Waals surface area contributed by atoms with Gasteiger partial charge in [-0.1, -0.05) is 6.07 Å². The minimum absolute atomic E-state index is 0.0915. The van der Waals surface area contributed by atoms with Crippen LogP contribution in [0.25, 0.3) is 0 Å². The van der Waals surface area contributed by atoms with Gasteiger partial charge in [0.2, 0.25) is 11.8 Å². The van der Waals surface area contributed by atoms with Gasteiger partial charge in [0, 0.05) is 31.2 Å². The maximum Gasteiger partial charge on any atom is 0.410 e. The molecule has 3 heterocycles. The van der Waals surface area contributed by atoms with Crippen LogP contribution >= 0.6 is 0 Å². The van der Waals surface area contributed by atoms with Crippen LogP contribution in [0.4, 0.5) is 10.5 Å². The first-order valence-electron chi connectivity index (χ1n) is 13.6. The lowest BCUT2D eigenvalue weighted by Crippen LogP contribution is -2.54. The summed E-state index contributed by atoms with van der Waals surface area (Å²) >= 11 is 0. The largest absolute Gasteiger partial charge is 0.444 e. The molecule has 1 aromatic carbocycles. The molecule has 1 spiro atoms. The molecule has 2 saturated heterocycles. The van der Waals surface area contributed by atoms with E-state index in [1.165, 1.54) is 0 Å². The smallest absolute Gasteiger partial charge is 0.410 e. The number of benzene rings is 1. The molecule has 0 bridgehead atoms. The topological polar surface area (TPSA) is 125 Å². The monoisotopic (exact) mass is 524 g/mol. The van der Waals surface area contributed by atoms with Crippen LogP contribution in [0.1, 0.15) is 92.9 Å². The third-order valence-electron chi connectivity index (χ3n) is 8.35. The van der Waals surface area contributed by atoms with Gasteiger partial charge in [-0.05, 0) is 83.3 Å². The highest BCUT2D eigenvalue weighted by Crippen LogP contribution is 2.45. The van der Waals surface area contributed by atoms with Crippen LogP contribution in [0.3, 0.4) is 0 Å². The molecule has 5 rings (SSSR count). The SMILES string of the molecule is CC(C)(C)OC(=O)N1CCC2(CCC(Nc3cccc4c3C(=O)N(C3CCC(=O)NC3=O)C4=O)CC2)CC1. The van der Waals surface area contributed by atoms with E-state index in [4.69, 9.17) is 4.74 Å². The third-order valence-corrected chi connectivity index (χ3v) is 8.35. The minimum atomic E-state index is -0.978. The van der Waals surface area contributed by atoms with Gasteiger partial charge in [-0.3, -0.25) is 29.4 Å². The van der Waals surface area contributed by atoms with Crippen molar-refractivity contribution < 1.29 is 28.7 Å². The van der Waals surface area contributed by atoms with Crippen LogP contribution in [0.5, 0.6) is 0 Å². The Kier molecular flexibility index (Phi) is 6.69. The second kappa shape index (κ2) is 9.71. The molecule has 1 aromatic rings. The molecule has 10 nitrogen and oxygen atoms in total. The van der Waals surface area contributed by atoms with Crippen molar-refractivity contribution in [3.63, 3.8) is 0 Å². The number of nitrogens with zero attached hydrogens (tertiary/aromatic N) is 2. The average molecular weight is 525 g/mol. The maximum absolute atomic E-state index is 13.4. The second-order valence-corrected chi connectivity index (χ2v) is 12.1. The first-order chi connectivity index (χ1) is 18.0. The predicted molar refractivity (Wildman–Crippen MR) is 138 cm³/mol. The number of fused-ring (bicyclic) bond motifs is 1. The number of carbonyl (C=O) groups is 5. The highest BCUT2D eigenvalue weighted by molar-refractivity contribution is 6.25. The Hall–Kier alpha value is -3.43. The Balaban J connectivity index is 1.21. The van der Waals surface area contributed by atoms with Crippen molar-refractivity contribution in [1.29, 1.82) is 0 Å². The summed E-state index contributed by atoms with van der Waals surface area (Å²) in [4.78, 5) is 65.7. The number of piperidine rings is 2. The van der Waals surface area contributed by atoms with E-state index in [1.807, 2.05) is 31.7 Å². The average Bonchev–Trinajstić information content (AvgIpc) is 3.11. The van der Waals surface area contributed by atoms with Gasteiger partial charge in [0.1, 0.15) is 11.6 Å². The third kappa shape index (κ3) is 5.00. The van der Waals surface area contributed by atoms with Crippen LogP contribution in [0.2, 0.25) is 0 Å². The molecule has 3 aliphatic heterocycles. The lowest BCUT2D eigenvalue weighted by molar-refractivity contribution is -0.136. The Morgan fingerprint density at radius 3 is 2.32 bits per heavy atom. The standard InChI is InChI=1S/C28H36N4O6/c1-27(2,3)38-26(37)31-15-13-28(14-16-31)11-9-17(10-12-28)29-19-6-4-5-18-22(19)25(36)32(24(18)35)20-7-8-21(33)30-23(20)34/h4-6,17,20,29H,7-16H2,1-3H3,(H,30,33,34). The Morgan fingerprint density at radius 2 is 1.68 bits per heavy atom. The molecule has 0 radical (unpaired) electrons. The van der Waals surface area contributed by atoms with E-state index in [-0.39, 0.29) is 36.0 Å². The highest BCUT2D eigenvalue weighted by atomic mass is 16.6. The quantitative estimate of drug-likeness (QED) is 0.580. The second-order valence-electron chi connectivity index (χ2n) is 12.1. The fourth-order valence-corrected chi connectivity index (χ4v) is 6.22. The number of ether oxygens (including phenoxy) is 1. The Labute approximate surface area is 222 Å². The molecule has 5 amide bonds. The Bertz CT molecular complexity index is 1170. The molecule has 1 unspecified atom stereocenters. The van der Waals surface area contributed by atoms with Crippen LogP contribution in [0, 0.1) is 5.41 Å². The predicted octanol–water partition coefficient (Wildman–Crippen LogP) is 3.46. The van der Waals surface area contributed by atoms with Gasteiger partial charge in [0.25, 0.3) is 11.8 Å². The van der Waals surface area contributed by atoms with Crippen molar-refractivity contribution in [2.75, 3.05) is 18.4 Å². The fraction of sp³-hybridized carbons (Fsp3) is 0.607. The number of hydrogen-bond donors (Lipinski definition) is 2. The minimum Gasteiger partial charge on any atom is -0.444 e. The van der Waals surface area contributed by atoms with E-state index < -0.39 is 35.3 Å². The number of imide groups is 2. The molecule has 2 N–H and O–H groups in total. The zero-order valence-electron chi connectivity index (χ0n) is 22.3. The van der Waals surface area contributed by atoms with Crippen molar-refractivity contribution in [1.82, 2.24) is 15.1 Å². The molecular weight excluding hydrogens is 488 g/mol. The summed E-state index contributed by atoms with van der Waals surface area (Å²) < 4.78 is 5.53. The van der Waals surface area contributed by atoms with Gasteiger partial charge >= 0.3 is 6.09 Å². The molecule has 1 saturated carbocycles.